The molecule has 1 aromatic rings. The highest BCUT2D eigenvalue weighted by molar-refractivity contribution is 5.84. The second-order valence-corrected chi connectivity index (χ2v) is 9.40. The average molecular weight is 401 g/mol. The van der Waals surface area contributed by atoms with Crippen LogP contribution in [-0.2, 0) is 16.0 Å². The van der Waals surface area contributed by atoms with Gasteiger partial charge in [0.1, 0.15) is 0 Å². The predicted molar refractivity (Wildman–Crippen MR) is 110 cm³/mol. The number of ether oxygens (including phenoxy) is 2. The third-order valence-corrected chi connectivity index (χ3v) is 7.13. The summed E-state index contributed by atoms with van der Waals surface area (Å²) in [5.74, 6) is 2.71. The second kappa shape index (κ2) is 7.54. The summed E-state index contributed by atoms with van der Waals surface area (Å²) >= 11 is 0. The molecule has 4 aliphatic rings. The Bertz CT molecular complexity index is 792. The monoisotopic (exact) mass is 400 g/mol. The molecule has 6 heteroatoms. The van der Waals surface area contributed by atoms with Crippen LogP contribution in [0.25, 0.3) is 0 Å². The van der Waals surface area contributed by atoms with Gasteiger partial charge in [-0.25, -0.2) is 0 Å². The van der Waals surface area contributed by atoms with Crippen molar-refractivity contribution in [3.63, 3.8) is 0 Å². The van der Waals surface area contributed by atoms with Gasteiger partial charge in [0.2, 0.25) is 11.8 Å². The van der Waals surface area contributed by atoms with Gasteiger partial charge in [0.25, 0.3) is 0 Å². The SMILES string of the molecule is COc1ccc(CCNC(=O)C23C[C@@H]4C[C@H](CC(NC(C)=O)(C4)C2)C3)cc1OC. The normalized spacial score (nSPS) is 32.0. The van der Waals surface area contributed by atoms with Crippen molar-refractivity contribution in [3.8, 4) is 11.5 Å². The van der Waals surface area contributed by atoms with Crippen molar-refractivity contribution in [3.05, 3.63) is 23.8 Å². The first-order valence-corrected chi connectivity index (χ1v) is 10.6. The fourth-order valence-corrected chi connectivity index (χ4v) is 6.59. The first-order valence-electron chi connectivity index (χ1n) is 10.6. The van der Waals surface area contributed by atoms with E-state index in [-0.39, 0.29) is 22.8 Å². The molecule has 4 fully saturated rings. The molecule has 0 saturated heterocycles. The smallest absolute Gasteiger partial charge is 0.226 e. The fourth-order valence-electron chi connectivity index (χ4n) is 6.59. The molecule has 29 heavy (non-hydrogen) atoms. The van der Waals surface area contributed by atoms with Crippen molar-refractivity contribution < 1.29 is 19.1 Å². The van der Waals surface area contributed by atoms with Crippen LogP contribution < -0.4 is 20.1 Å². The molecule has 2 amide bonds. The number of carbonyl (C=O) groups excluding carboxylic acids is 2. The molecule has 0 heterocycles. The van der Waals surface area contributed by atoms with Crippen LogP contribution in [0.3, 0.4) is 0 Å². The van der Waals surface area contributed by atoms with E-state index in [4.69, 9.17) is 9.47 Å². The number of hydrogen-bond donors (Lipinski definition) is 2. The molecule has 0 unspecified atom stereocenters. The Morgan fingerprint density at radius 1 is 1.07 bits per heavy atom. The van der Waals surface area contributed by atoms with Crippen molar-refractivity contribution in [2.75, 3.05) is 20.8 Å². The van der Waals surface area contributed by atoms with Crippen LogP contribution in [0.15, 0.2) is 18.2 Å². The molecule has 0 radical (unpaired) electrons. The van der Waals surface area contributed by atoms with Crippen LogP contribution in [0, 0.1) is 17.3 Å². The number of rotatable bonds is 7. The van der Waals surface area contributed by atoms with Gasteiger partial charge in [0.05, 0.1) is 19.6 Å². The van der Waals surface area contributed by atoms with E-state index in [0.29, 0.717) is 29.9 Å². The van der Waals surface area contributed by atoms with Gasteiger partial charge in [-0.3, -0.25) is 9.59 Å². The molecular formula is C23H32N2O4. The van der Waals surface area contributed by atoms with Crippen molar-refractivity contribution >= 4 is 11.8 Å². The summed E-state index contributed by atoms with van der Waals surface area (Å²) in [6.07, 6.45) is 6.73. The van der Waals surface area contributed by atoms with Crippen LogP contribution in [0.4, 0.5) is 0 Å². The summed E-state index contributed by atoms with van der Waals surface area (Å²) in [6.45, 7) is 2.19. The van der Waals surface area contributed by atoms with E-state index >= 15 is 0 Å². The summed E-state index contributed by atoms with van der Waals surface area (Å²) in [5, 5.41) is 6.43. The fraction of sp³-hybridized carbons (Fsp3) is 0.652. The van der Waals surface area contributed by atoms with Crippen LogP contribution in [0.1, 0.15) is 51.0 Å². The summed E-state index contributed by atoms with van der Waals surface area (Å²) in [6, 6.07) is 5.86. The maximum Gasteiger partial charge on any atom is 0.226 e. The maximum atomic E-state index is 13.3. The number of methoxy groups -OCH3 is 2. The number of benzene rings is 1. The third-order valence-electron chi connectivity index (χ3n) is 7.13. The van der Waals surface area contributed by atoms with Gasteiger partial charge >= 0.3 is 0 Å². The number of carbonyl (C=O) groups is 2. The van der Waals surface area contributed by atoms with Gasteiger partial charge in [-0.1, -0.05) is 6.07 Å². The molecule has 4 aliphatic carbocycles. The van der Waals surface area contributed by atoms with Gasteiger partial charge < -0.3 is 20.1 Å². The number of nitrogens with one attached hydrogen (secondary N) is 2. The highest BCUT2D eigenvalue weighted by Gasteiger charge is 2.60. The Balaban J connectivity index is 1.40. The van der Waals surface area contributed by atoms with Crippen LogP contribution in [0.5, 0.6) is 11.5 Å². The van der Waals surface area contributed by atoms with Crippen molar-refractivity contribution in [1.29, 1.82) is 0 Å². The van der Waals surface area contributed by atoms with E-state index in [1.807, 2.05) is 18.2 Å². The number of amides is 2. The Morgan fingerprint density at radius 2 is 1.76 bits per heavy atom. The van der Waals surface area contributed by atoms with Crippen molar-refractivity contribution in [1.82, 2.24) is 10.6 Å². The molecule has 6 nitrogen and oxygen atoms in total. The molecule has 4 saturated carbocycles. The molecule has 5 rings (SSSR count). The molecule has 4 bridgehead atoms. The minimum absolute atomic E-state index is 0.0240. The van der Waals surface area contributed by atoms with E-state index in [1.54, 1.807) is 21.1 Å². The quantitative estimate of drug-likeness (QED) is 0.738. The standard InChI is InChI=1S/C23H32N2O4/c1-15(26)25-23-12-17-8-18(13-23)11-22(10-17,14-23)21(27)24-7-6-16-4-5-19(28-2)20(9-16)29-3/h4-5,9,17-18H,6-8,10-14H2,1-3H3,(H,24,27)(H,25,26)/t17-,18-,22?,23?/m0/s1. The lowest BCUT2D eigenvalue weighted by molar-refractivity contribution is -0.153. The van der Waals surface area contributed by atoms with E-state index in [2.05, 4.69) is 10.6 Å². The van der Waals surface area contributed by atoms with Gasteiger partial charge in [-0.15, -0.1) is 0 Å². The second-order valence-electron chi connectivity index (χ2n) is 9.40. The van der Waals surface area contributed by atoms with E-state index in [0.717, 1.165) is 44.1 Å². The summed E-state index contributed by atoms with van der Waals surface area (Å²) < 4.78 is 10.6. The molecule has 2 N–H and O–H groups in total. The molecule has 0 aromatic heterocycles. The Kier molecular flexibility index (Phi) is 5.21. The summed E-state index contributed by atoms with van der Waals surface area (Å²) in [4.78, 5) is 25.1. The van der Waals surface area contributed by atoms with Crippen molar-refractivity contribution in [2.24, 2.45) is 17.3 Å². The lowest BCUT2D eigenvalue weighted by atomic mass is 9.46. The van der Waals surface area contributed by atoms with E-state index in [9.17, 15) is 9.59 Å². The van der Waals surface area contributed by atoms with E-state index < -0.39 is 0 Å². The first kappa shape index (κ1) is 20.0. The van der Waals surface area contributed by atoms with Crippen molar-refractivity contribution in [2.45, 2.75) is 57.4 Å². The van der Waals surface area contributed by atoms with Gasteiger partial charge in [0.15, 0.2) is 11.5 Å². The van der Waals surface area contributed by atoms with Gasteiger partial charge in [-0.2, -0.15) is 0 Å². The van der Waals surface area contributed by atoms with E-state index in [1.165, 1.54) is 6.42 Å². The highest BCUT2D eigenvalue weighted by atomic mass is 16.5. The predicted octanol–water partition coefficient (Wildman–Crippen LogP) is 2.84. The number of hydrogen-bond acceptors (Lipinski definition) is 4. The van der Waals surface area contributed by atoms with Crippen LogP contribution in [0.2, 0.25) is 0 Å². The molecule has 1 aromatic carbocycles. The molecule has 0 spiro atoms. The minimum Gasteiger partial charge on any atom is -0.493 e. The highest BCUT2D eigenvalue weighted by Crippen LogP contribution is 2.61. The minimum atomic E-state index is -0.315. The topological polar surface area (TPSA) is 76.7 Å². The zero-order chi connectivity index (χ0) is 20.6. The lowest BCUT2D eigenvalue weighted by Crippen LogP contribution is -2.65. The molecule has 0 aliphatic heterocycles. The zero-order valence-electron chi connectivity index (χ0n) is 17.7. The summed E-state index contributed by atoms with van der Waals surface area (Å²) in [7, 11) is 3.25. The third kappa shape index (κ3) is 3.81. The van der Waals surface area contributed by atoms with Crippen LogP contribution >= 0.6 is 0 Å². The molecular weight excluding hydrogens is 368 g/mol. The van der Waals surface area contributed by atoms with Gasteiger partial charge in [-0.05, 0) is 74.5 Å². The van der Waals surface area contributed by atoms with Gasteiger partial charge in [0, 0.05) is 19.0 Å². The lowest BCUT2D eigenvalue weighted by Gasteiger charge is -2.61. The van der Waals surface area contributed by atoms with Crippen LogP contribution in [-0.4, -0.2) is 38.1 Å². The Hall–Kier alpha value is -2.24. The maximum absolute atomic E-state index is 13.3. The Labute approximate surface area is 172 Å². The largest absolute Gasteiger partial charge is 0.493 e. The molecule has 2 atom stereocenters. The Morgan fingerprint density at radius 3 is 2.38 bits per heavy atom. The first-order chi connectivity index (χ1) is 13.9. The molecule has 158 valence electrons. The average Bonchev–Trinajstić information content (AvgIpc) is 2.65. The summed E-state index contributed by atoms with van der Waals surface area (Å²) in [5.41, 5.74) is 0.615. The zero-order valence-corrected chi connectivity index (χ0v) is 17.7.